The Morgan fingerprint density at radius 2 is 1.05 bits per heavy atom. The van der Waals surface area contributed by atoms with E-state index in [1.165, 1.54) is 102 Å². The van der Waals surface area contributed by atoms with Crippen LogP contribution < -0.4 is 29.6 Å². The molecule has 5 heteroatoms. The van der Waals surface area contributed by atoms with Crippen LogP contribution in [0.25, 0.3) is 10.8 Å². The van der Waals surface area contributed by atoms with Crippen molar-refractivity contribution < 1.29 is 42.5 Å². The molecule has 0 saturated heterocycles. The first-order valence-corrected chi connectivity index (χ1v) is 16.4. The van der Waals surface area contributed by atoms with E-state index in [4.69, 9.17) is 0 Å². The van der Waals surface area contributed by atoms with E-state index in [0.717, 1.165) is 31.1 Å². The molecule has 0 heterocycles. The van der Waals surface area contributed by atoms with Gasteiger partial charge in [-0.3, -0.25) is 0 Å². The summed E-state index contributed by atoms with van der Waals surface area (Å²) in [4.78, 5) is 0.00851. The van der Waals surface area contributed by atoms with Crippen LogP contribution in [0.2, 0.25) is 0 Å². The molecule has 0 saturated carbocycles. The molecule has 0 N–H and O–H groups in total. The van der Waals surface area contributed by atoms with Crippen LogP contribution in [0.5, 0.6) is 0 Å². The standard InChI is InChI=1S/C32H52O3S.Na/c1-3-5-7-9-11-13-15-17-19-21-28-23-26-31-30(27-28)25-24-29(32(31)36(33,34)35)22-20-18-16-14-12-10-8-6-4-2;/h23-27H,3-22H2,1-2H3,(H,33,34,35);/q;+1/p-1. The van der Waals surface area contributed by atoms with E-state index in [1.54, 1.807) is 0 Å². The van der Waals surface area contributed by atoms with E-state index in [1.807, 2.05) is 24.3 Å². The van der Waals surface area contributed by atoms with Gasteiger partial charge in [-0.25, -0.2) is 8.42 Å². The van der Waals surface area contributed by atoms with E-state index < -0.39 is 10.1 Å². The second-order valence-electron chi connectivity index (χ2n) is 10.7. The fourth-order valence-corrected chi connectivity index (χ4v) is 6.26. The van der Waals surface area contributed by atoms with Crippen LogP contribution in [-0.4, -0.2) is 13.0 Å². The van der Waals surface area contributed by atoms with E-state index in [-0.39, 0.29) is 34.5 Å². The molecule has 0 amide bonds. The third kappa shape index (κ3) is 14.0. The van der Waals surface area contributed by atoms with Gasteiger partial charge in [0.05, 0.1) is 4.90 Å². The predicted molar refractivity (Wildman–Crippen MR) is 154 cm³/mol. The molecule has 0 aliphatic rings. The van der Waals surface area contributed by atoms with Crippen molar-refractivity contribution in [3.63, 3.8) is 0 Å². The molecule has 3 nitrogen and oxygen atoms in total. The Hall–Kier alpha value is -0.390. The normalized spacial score (nSPS) is 11.6. The van der Waals surface area contributed by atoms with Crippen LogP contribution in [0.15, 0.2) is 35.2 Å². The van der Waals surface area contributed by atoms with E-state index in [0.29, 0.717) is 17.4 Å². The summed E-state index contributed by atoms with van der Waals surface area (Å²) in [6, 6.07) is 9.84. The second kappa shape index (κ2) is 20.5. The van der Waals surface area contributed by atoms with Gasteiger partial charge in [0, 0.05) is 0 Å². The number of rotatable bonds is 21. The number of unbranched alkanes of at least 4 members (excludes halogenated alkanes) is 16. The summed E-state index contributed by atoms with van der Waals surface area (Å²) in [5.74, 6) is 0. The molecule has 0 radical (unpaired) electrons. The fourth-order valence-electron chi connectivity index (χ4n) is 5.31. The third-order valence-electron chi connectivity index (χ3n) is 7.49. The Kier molecular flexibility index (Phi) is 19.2. The maximum atomic E-state index is 12.2. The largest absolute Gasteiger partial charge is 1.00 e. The summed E-state index contributed by atoms with van der Waals surface area (Å²) in [6.07, 6.45) is 24.4. The molecular weight excluding hydrogens is 487 g/mol. The van der Waals surface area contributed by atoms with Gasteiger partial charge in [0.2, 0.25) is 0 Å². The molecule has 0 atom stereocenters. The van der Waals surface area contributed by atoms with Crippen LogP contribution in [0.4, 0.5) is 0 Å². The summed E-state index contributed by atoms with van der Waals surface area (Å²) in [5, 5.41) is 1.46. The number of hydrogen-bond acceptors (Lipinski definition) is 3. The summed E-state index contributed by atoms with van der Waals surface area (Å²) in [5.41, 5.74) is 1.92. The molecule has 0 spiro atoms. The Morgan fingerprint density at radius 3 is 1.54 bits per heavy atom. The minimum absolute atomic E-state index is 0. The van der Waals surface area contributed by atoms with Gasteiger partial charge in [0.25, 0.3) is 0 Å². The van der Waals surface area contributed by atoms with Gasteiger partial charge in [-0.05, 0) is 47.6 Å². The Balaban J connectivity index is 0.00000684. The van der Waals surface area contributed by atoms with Crippen molar-refractivity contribution in [2.75, 3.05) is 0 Å². The van der Waals surface area contributed by atoms with Gasteiger partial charge < -0.3 is 4.55 Å². The van der Waals surface area contributed by atoms with Crippen LogP contribution in [0.3, 0.4) is 0 Å². The summed E-state index contributed by atoms with van der Waals surface area (Å²) in [7, 11) is -4.52. The van der Waals surface area contributed by atoms with Gasteiger partial charge >= 0.3 is 29.6 Å². The van der Waals surface area contributed by atoms with E-state index in [2.05, 4.69) is 19.9 Å². The van der Waals surface area contributed by atoms with E-state index >= 15 is 0 Å². The molecule has 0 aliphatic carbocycles. The molecule has 0 aromatic heterocycles. The molecule has 0 fully saturated rings. The van der Waals surface area contributed by atoms with Crippen molar-refractivity contribution >= 4 is 20.9 Å². The maximum absolute atomic E-state index is 12.2. The fraction of sp³-hybridized carbons (Fsp3) is 0.688. The topological polar surface area (TPSA) is 57.2 Å². The molecule has 0 unspecified atom stereocenters. The Bertz CT molecular complexity index is 971. The average Bonchev–Trinajstić information content (AvgIpc) is 2.85. The Labute approximate surface area is 250 Å². The monoisotopic (exact) mass is 538 g/mol. The van der Waals surface area contributed by atoms with E-state index in [9.17, 15) is 13.0 Å². The molecule has 2 aromatic rings. The molecule has 0 bridgehead atoms. The quantitative estimate of drug-likeness (QED) is 0.0987. The minimum atomic E-state index is -4.52. The first-order chi connectivity index (χ1) is 17.5. The Morgan fingerprint density at radius 1 is 0.595 bits per heavy atom. The first-order valence-electron chi connectivity index (χ1n) is 15.0. The predicted octanol–water partition coefficient (Wildman–Crippen LogP) is 6.89. The maximum Gasteiger partial charge on any atom is 1.00 e. The van der Waals surface area contributed by atoms with Gasteiger partial charge in [-0.1, -0.05) is 147 Å². The zero-order chi connectivity index (χ0) is 26.1. The van der Waals surface area contributed by atoms with Crippen molar-refractivity contribution in [3.8, 4) is 0 Å². The van der Waals surface area contributed by atoms with Crippen LogP contribution in [-0.2, 0) is 23.0 Å². The van der Waals surface area contributed by atoms with Crippen LogP contribution in [0, 0.1) is 0 Å². The molecular formula is C32H51NaO3S. The van der Waals surface area contributed by atoms with Crippen molar-refractivity contribution in [3.05, 3.63) is 41.5 Å². The second-order valence-corrected chi connectivity index (χ2v) is 12.0. The average molecular weight is 539 g/mol. The number of fused-ring (bicyclic) bond motifs is 1. The van der Waals surface area contributed by atoms with Gasteiger partial charge in [-0.15, -0.1) is 0 Å². The third-order valence-corrected chi connectivity index (χ3v) is 8.47. The number of benzene rings is 2. The van der Waals surface area contributed by atoms with Crippen LogP contribution in [0.1, 0.15) is 141 Å². The van der Waals surface area contributed by atoms with Crippen molar-refractivity contribution in [2.45, 2.75) is 147 Å². The van der Waals surface area contributed by atoms with Crippen molar-refractivity contribution in [1.29, 1.82) is 0 Å². The van der Waals surface area contributed by atoms with Crippen molar-refractivity contribution in [1.82, 2.24) is 0 Å². The van der Waals surface area contributed by atoms with Gasteiger partial charge in [0.1, 0.15) is 10.1 Å². The van der Waals surface area contributed by atoms with Crippen LogP contribution >= 0.6 is 0 Å². The zero-order valence-electron chi connectivity index (χ0n) is 24.2. The minimum Gasteiger partial charge on any atom is -0.744 e. The van der Waals surface area contributed by atoms with Crippen molar-refractivity contribution in [2.24, 2.45) is 0 Å². The first kappa shape index (κ1) is 34.6. The molecule has 2 rings (SSSR count). The zero-order valence-corrected chi connectivity index (χ0v) is 27.0. The SMILES string of the molecule is CCCCCCCCCCCc1ccc2c(S(=O)(=O)[O-])c(CCCCCCCCCCC)ccc2c1.[Na+]. The molecule has 2 aromatic carbocycles. The molecule has 37 heavy (non-hydrogen) atoms. The summed E-state index contributed by atoms with van der Waals surface area (Å²) in [6.45, 7) is 4.49. The summed E-state index contributed by atoms with van der Waals surface area (Å²) >= 11 is 0. The smallest absolute Gasteiger partial charge is 0.744 e. The van der Waals surface area contributed by atoms with Gasteiger partial charge in [0.15, 0.2) is 0 Å². The number of aryl methyl sites for hydroxylation is 2. The molecule has 0 aliphatic heterocycles. The summed E-state index contributed by atoms with van der Waals surface area (Å²) < 4.78 is 36.6. The number of hydrogen-bond donors (Lipinski definition) is 0. The molecule has 204 valence electrons. The van der Waals surface area contributed by atoms with Gasteiger partial charge in [-0.2, -0.15) is 0 Å².